The van der Waals surface area contributed by atoms with Crippen LogP contribution in [0.15, 0.2) is 36.4 Å². The minimum atomic E-state index is -1.05. The molecule has 1 rings (SSSR count). The van der Waals surface area contributed by atoms with E-state index in [9.17, 15) is 9.18 Å². The molecule has 0 aliphatic rings. The second-order valence-corrected chi connectivity index (χ2v) is 3.53. The number of hydrogen-bond acceptors (Lipinski definition) is 2. The van der Waals surface area contributed by atoms with Crippen LogP contribution in [0.25, 0.3) is 0 Å². The lowest BCUT2D eigenvalue weighted by Gasteiger charge is -2.14. The van der Waals surface area contributed by atoms with Gasteiger partial charge in [0, 0.05) is 23.7 Å². The summed E-state index contributed by atoms with van der Waals surface area (Å²) in [5.74, 6) is -1.35. The zero-order chi connectivity index (χ0) is 12.1. The Morgan fingerprint density at radius 2 is 2.19 bits per heavy atom. The summed E-state index contributed by atoms with van der Waals surface area (Å²) in [6.45, 7) is 5.29. The van der Waals surface area contributed by atoms with Gasteiger partial charge in [-0.3, -0.25) is 0 Å². The van der Waals surface area contributed by atoms with Crippen molar-refractivity contribution in [1.82, 2.24) is 5.32 Å². The van der Waals surface area contributed by atoms with E-state index >= 15 is 0 Å². The van der Waals surface area contributed by atoms with Gasteiger partial charge in [-0.25, -0.2) is 9.18 Å². The fourth-order valence-electron chi connectivity index (χ4n) is 1.29. The molecule has 0 aliphatic carbocycles. The van der Waals surface area contributed by atoms with E-state index in [0.29, 0.717) is 5.56 Å². The Hall–Kier alpha value is -1.68. The molecule has 4 heteroatoms. The molecule has 0 saturated heterocycles. The van der Waals surface area contributed by atoms with Crippen molar-refractivity contribution in [2.75, 3.05) is 6.54 Å². The van der Waals surface area contributed by atoms with Crippen LogP contribution in [0.1, 0.15) is 18.5 Å². The van der Waals surface area contributed by atoms with Gasteiger partial charge in [0.05, 0.1) is 0 Å². The predicted octanol–water partition coefficient (Wildman–Crippen LogP) is 2.12. The van der Waals surface area contributed by atoms with Gasteiger partial charge in [-0.15, -0.1) is 0 Å². The van der Waals surface area contributed by atoms with Crippen molar-refractivity contribution in [1.29, 1.82) is 0 Å². The molecule has 1 aromatic rings. The van der Waals surface area contributed by atoms with Gasteiger partial charge in [0.1, 0.15) is 5.82 Å². The molecule has 0 spiro atoms. The van der Waals surface area contributed by atoms with Crippen LogP contribution in [-0.4, -0.2) is 17.6 Å². The minimum Gasteiger partial charge on any atom is -0.478 e. The lowest BCUT2D eigenvalue weighted by molar-refractivity contribution is -0.132. The van der Waals surface area contributed by atoms with E-state index in [1.165, 1.54) is 6.07 Å². The van der Waals surface area contributed by atoms with Crippen LogP contribution in [0, 0.1) is 5.82 Å². The number of nitrogens with one attached hydrogen (secondary N) is 1. The second kappa shape index (κ2) is 5.42. The Balaban J connectivity index is 2.60. The molecule has 16 heavy (non-hydrogen) atoms. The summed E-state index contributed by atoms with van der Waals surface area (Å²) in [5, 5.41) is 11.5. The van der Waals surface area contributed by atoms with E-state index < -0.39 is 5.97 Å². The quantitative estimate of drug-likeness (QED) is 0.752. The molecular formula is C12H14FNO2. The van der Waals surface area contributed by atoms with Gasteiger partial charge in [-0.05, 0) is 13.0 Å². The van der Waals surface area contributed by atoms with Crippen LogP contribution < -0.4 is 5.32 Å². The number of rotatable bonds is 5. The summed E-state index contributed by atoms with van der Waals surface area (Å²) < 4.78 is 13.3. The van der Waals surface area contributed by atoms with E-state index in [0.717, 1.165) is 0 Å². The highest BCUT2D eigenvalue weighted by atomic mass is 19.1. The Bertz CT molecular complexity index is 404. The highest BCUT2D eigenvalue weighted by Gasteiger charge is 2.11. The maximum absolute atomic E-state index is 13.3. The van der Waals surface area contributed by atoms with E-state index in [4.69, 9.17) is 5.11 Å². The van der Waals surface area contributed by atoms with Crippen LogP contribution in [0.5, 0.6) is 0 Å². The maximum atomic E-state index is 13.3. The van der Waals surface area contributed by atoms with Crippen LogP contribution in [-0.2, 0) is 4.79 Å². The van der Waals surface area contributed by atoms with Crippen LogP contribution in [0.3, 0.4) is 0 Å². The van der Waals surface area contributed by atoms with E-state index in [-0.39, 0.29) is 24.0 Å². The Kier molecular flexibility index (Phi) is 4.19. The molecule has 86 valence electrons. The fourth-order valence-corrected chi connectivity index (χ4v) is 1.29. The first kappa shape index (κ1) is 12.4. The first-order valence-electron chi connectivity index (χ1n) is 4.91. The molecule has 0 saturated carbocycles. The molecule has 0 fully saturated rings. The monoisotopic (exact) mass is 223 g/mol. The normalized spacial score (nSPS) is 12.1. The summed E-state index contributed by atoms with van der Waals surface area (Å²) in [7, 11) is 0. The first-order chi connectivity index (χ1) is 7.52. The molecule has 3 nitrogen and oxygen atoms in total. The number of hydrogen-bond donors (Lipinski definition) is 2. The SMILES string of the molecule is C=C(CNC(C)c1ccccc1F)C(=O)O. The molecular weight excluding hydrogens is 209 g/mol. The topological polar surface area (TPSA) is 49.3 Å². The Morgan fingerprint density at radius 3 is 2.75 bits per heavy atom. The summed E-state index contributed by atoms with van der Waals surface area (Å²) in [6.07, 6.45) is 0. The third kappa shape index (κ3) is 3.17. The molecule has 1 atom stereocenters. The van der Waals surface area contributed by atoms with Crippen molar-refractivity contribution in [2.45, 2.75) is 13.0 Å². The first-order valence-corrected chi connectivity index (χ1v) is 4.91. The lowest BCUT2D eigenvalue weighted by atomic mass is 10.1. The smallest absolute Gasteiger partial charge is 0.332 e. The van der Waals surface area contributed by atoms with Gasteiger partial charge in [0.15, 0.2) is 0 Å². The summed E-state index contributed by atoms with van der Waals surface area (Å²) in [6, 6.07) is 6.14. The van der Waals surface area contributed by atoms with E-state index in [1.54, 1.807) is 25.1 Å². The maximum Gasteiger partial charge on any atom is 0.332 e. The number of aliphatic carboxylic acids is 1. The number of carboxylic acid groups (broad SMARTS) is 1. The number of carbonyl (C=O) groups is 1. The number of halogens is 1. The number of carboxylic acids is 1. The van der Waals surface area contributed by atoms with Crippen molar-refractivity contribution in [3.8, 4) is 0 Å². The average Bonchev–Trinajstić information content (AvgIpc) is 2.25. The zero-order valence-corrected chi connectivity index (χ0v) is 9.03. The molecule has 0 bridgehead atoms. The molecule has 1 aromatic carbocycles. The van der Waals surface area contributed by atoms with Gasteiger partial charge in [0.2, 0.25) is 0 Å². The van der Waals surface area contributed by atoms with Crippen molar-refractivity contribution < 1.29 is 14.3 Å². The minimum absolute atomic E-state index is 0.0585. The van der Waals surface area contributed by atoms with Gasteiger partial charge in [-0.2, -0.15) is 0 Å². The number of benzene rings is 1. The molecule has 0 amide bonds. The zero-order valence-electron chi connectivity index (χ0n) is 9.03. The van der Waals surface area contributed by atoms with Crippen LogP contribution in [0.2, 0.25) is 0 Å². The fraction of sp³-hybridized carbons (Fsp3) is 0.250. The third-order valence-corrected chi connectivity index (χ3v) is 2.30. The predicted molar refractivity (Wildman–Crippen MR) is 59.6 cm³/mol. The molecule has 0 heterocycles. The van der Waals surface area contributed by atoms with Crippen LogP contribution in [0.4, 0.5) is 4.39 Å². The Morgan fingerprint density at radius 1 is 1.56 bits per heavy atom. The van der Waals surface area contributed by atoms with Gasteiger partial charge >= 0.3 is 5.97 Å². The van der Waals surface area contributed by atoms with Crippen molar-refractivity contribution in [3.63, 3.8) is 0 Å². The third-order valence-electron chi connectivity index (χ3n) is 2.30. The second-order valence-electron chi connectivity index (χ2n) is 3.53. The van der Waals surface area contributed by atoms with Crippen molar-refractivity contribution >= 4 is 5.97 Å². The molecule has 0 aromatic heterocycles. The standard InChI is InChI=1S/C12H14FNO2/c1-8(12(15)16)7-14-9(2)10-5-3-4-6-11(10)13/h3-6,9,14H,1,7H2,2H3,(H,15,16). The highest BCUT2D eigenvalue weighted by Crippen LogP contribution is 2.15. The summed E-state index contributed by atoms with van der Waals surface area (Å²) in [4.78, 5) is 10.5. The Labute approximate surface area is 93.6 Å². The lowest BCUT2D eigenvalue weighted by Crippen LogP contribution is -2.24. The molecule has 0 aliphatic heterocycles. The van der Waals surface area contributed by atoms with E-state index in [1.807, 2.05) is 0 Å². The average molecular weight is 223 g/mol. The van der Waals surface area contributed by atoms with Gasteiger partial charge < -0.3 is 10.4 Å². The van der Waals surface area contributed by atoms with Crippen molar-refractivity contribution in [3.05, 3.63) is 47.8 Å². The van der Waals surface area contributed by atoms with Gasteiger partial charge in [0.25, 0.3) is 0 Å². The summed E-state index contributed by atoms with van der Waals surface area (Å²) >= 11 is 0. The van der Waals surface area contributed by atoms with Gasteiger partial charge in [-0.1, -0.05) is 24.8 Å². The highest BCUT2D eigenvalue weighted by molar-refractivity contribution is 5.86. The van der Waals surface area contributed by atoms with Crippen LogP contribution >= 0.6 is 0 Å². The van der Waals surface area contributed by atoms with E-state index in [2.05, 4.69) is 11.9 Å². The summed E-state index contributed by atoms with van der Waals surface area (Å²) in [5.41, 5.74) is 0.573. The molecule has 0 radical (unpaired) electrons. The van der Waals surface area contributed by atoms with Crippen molar-refractivity contribution in [2.24, 2.45) is 0 Å². The largest absolute Gasteiger partial charge is 0.478 e. The molecule has 1 unspecified atom stereocenters. The molecule has 2 N–H and O–H groups in total.